The lowest BCUT2D eigenvalue weighted by atomic mass is 10.1. The van der Waals surface area contributed by atoms with E-state index in [0.29, 0.717) is 6.54 Å². The lowest BCUT2D eigenvalue weighted by Crippen LogP contribution is -2.55. The second-order valence-corrected chi connectivity index (χ2v) is 6.65. The fourth-order valence-electron chi connectivity index (χ4n) is 1.82. The first-order chi connectivity index (χ1) is 11.7. The van der Waals surface area contributed by atoms with Gasteiger partial charge in [-0.05, 0) is 51.5 Å². The minimum Gasteiger partial charge on any atom is -0.444 e. The van der Waals surface area contributed by atoms with Gasteiger partial charge in [0.05, 0.1) is 0 Å². The Morgan fingerprint density at radius 3 is 2.60 bits per heavy atom. The van der Waals surface area contributed by atoms with Crippen molar-refractivity contribution in [3.8, 4) is 0 Å². The molecular weight excluding hydrogens is 342 g/mol. The molecule has 0 saturated heterocycles. The van der Waals surface area contributed by atoms with Crippen molar-refractivity contribution >= 4 is 29.3 Å². The summed E-state index contributed by atoms with van der Waals surface area (Å²) in [4.78, 5) is 28.4. The van der Waals surface area contributed by atoms with Crippen LogP contribution < -0.4 is 21.5 Å². The molecular formula is C16H25N5O3S. The van der Waals surface area contributed by atoms with Crippen molar-refractivity contribution < 1.29 is 14.3 Å². The van der Waals surface area contributed by atoms with Crippen LogP contribution in [0.4, 0.5) is 4.79 Å². The number of hydrogen-bond donors (Lipinski definition) is 4. The Kier molecular flexibility index (Phi) is 8.06. The number of thiocarbonyl (C=S) groups is 1. The number of nitrogens with one attached hydrogen (secondary N) is 4. The van der Waals surface area contributed by atoms with E-state index in [0.717, 1.165) is 5.56 Å². The van der Waals surface area contributed by atoms with Crippen molar-refractivity contribution in [3.63, 3.8) is 0 Å². The number of rotatable bonds is 5. The molecule has 1 rings (SSSR count). The molecule has 0 fully saturated rings. The van der Waals surface area contributed by atoms with Crippen LogP contribution in [0, 0.1) is 0 Å². The smallest absolute Gasteiger partial charge is 0.408 e. The maximum absolute atomic E-state index is 12.4. The summed E-state index contributed by atoms with van der Waals surface area (Å²) < 4.78 is 5.22. The van der Waals surface area contributed by atoms with E-state index in [1.165, 1.54) is 0 Å². The van der Waals surface area contributed by atoms with Gasteiger partial charge < -0.3 is 15.4 Å². The van der Waals surface area contributed by atoms with Crippen molar-refractivity contribution in [3.05, 3.63) is 30.1 Å². The van der Waals surface area contributed by atoms with Gasteiger partial charge in [-0.1, -0.05) is 6.07 Å². The Labute approximate surface area is 153 Å². The monoisotopic (exact) mass is 367 g/mol. The van der Waals surface area contributed by atoms with Gasteiger partial charge in [-0.2, -0.15) is 0 Å². The van der Waals surface area contributed by atoms with Crippen LogP contribution in [0.3, 0.4) is 0 Å². The van der Waals surface area contributed by atoms with E-state index in [1.54, 1.807) is 39.2 Å². The number of alkyl carbamates (subject to hydrolysis) is 1. The Hall–Kier alpha value is -2.42. The first-order valence-corrected chi connectivity index (χ1v) is 8.34. The van der Waals surface area contributed by atoms with Crippen LogP contribution in [-0.4, -0.2) is 40.3 Å². The van der Waals surface area contributed by atoms with Gasteiger partial charge in [-0.3, -0.25) is 20.6 Å². The van der Waals surface area contributed by atoms with Gasteiger partial charge in [-0.25, -0.2) is 4.79 Å². The minimum atomic E-state index is -0.851. The van der Waals surface area contributed by atoms with Gasteiger partial charge in [0.2, 0.25) is 0 Å². The summed E-state index contributed by atoms with van der Waals surface area (Å²) >= 11 is 4.99. The molecule has 8 nitrogen and oxygen atoms in total. The number of ether oxygens (including phenoxy) is 1. The summed E-state index contributed by atoms with van der Waals surface area (Å²) in [6, 6.07) is 2.73. The van der Waals surface area contributed by atoms with Gasteiger partial charge >= 0.3 is 6.09 Å². The van der Waals surface area contributed by atoms with Crippen LogP contribution in [0.25, 0.3) is 0 Å². The maximum Gasteiger partial charge on any atom is 0.408 e. The van der Waals surface area contributed by atoms with Crippen molar-refractivity contribution in [1.29, 1.82) is 0 Å². The second kappa shape index (κ2) is 9.77. The van der Waals surface area contributed by atoms with Crippen LogP contribution in [0.1, 0.15) is 33.3 Å². The first-order valence-electron chi connectivity index (χ1n) is 7.93. The average Bonchev–Trinajstić information content (AvgIpc) is 2.51. The SMILES string of the molecule is CCNC(=S)NNC(=O)[C@@H](Cc1cccnc1)NC(=O)OC(C)(C)C. The lowest BCUT2D eigenvalue weighted by Gasteiger charge is -2.23. The van der Waals surface area contributed by atoms with E-state index in [2.05, 4.69) is 26.5 Å². The zero-order valence-electron chi connectivity index (χ0n) is 14.9. The van der Waals surface area contributed by atoms with E-state index in [9.17, 15) is 9.59 Å². The van der Waals surface area contributed by atoms with Crippen molar-refractivity contribution in [2.24, 2.45) is 0 Å². The number of aromatic nitrogens is 1. The molecule has 0 aliphatic rings. The Morgan fingerprint density at radius 2 is 2.04 bits per heavy atom. The van der Waals surface area contributed by atoms with Gasteiger partial charge in [0.15, 0.2) is 5.11 Å². The summed E-state index contributed by atoms with van der Waals surface area (Å²) in [6.45, 7) is 7.75. The molecule has 1 heterocycles. The largest absolute Gasteiger partial charge is 0.444 e. The third-order valence-electron chi connectivity index (χ3n) is 2.81. The molecule has 1 atom stereocenters. The van der Waals surface area contributed by atoms with Gasteiger partial charge in [0.25, 0.3) is 5.91 Å². The summed E-state index contributed by atoms with van der Waals surface area (Å²) in [6.07, 6.45) is 2.85. The van der Waals surface area contributed by atoms with Crippen LogP contribution in [-0.2, 0) is 16.0 Å². The number of pyridine rings is 1. The van der Waals surface area contributed by atoms with Crippen LogP contribution in [0.5, 0.6) is 0 Å². The third-order valence-corrected chi connectivity index (χ3v) is 3.05. The molecule has 4 N–H and O–H groups in total. The molecule has 9 heteroatoms. The number of carbonyl (C=O) groups is 2. The Morgan fingerprint density at radius 1 is 1.32 bits per heavy atom. The van der Waals surface area contributed by atoms with E-state index in [-0.39, 0.29) is 11.5 Å². The molecule has 0 aromatic carbocycles. The predicted octanol–water partition coefficient (Wildman–Crippen LogP) is 1.03. The highest BCUT2D eigenvalue weighted by Crippen LogP contribution is 2.08. The number of carbonyl (C=O) groups excluding carboxylic acids is 2. The third kappa shape index (κ3) is 8.85. The number of hydrazine groups is 1. The molecule has 1 aromatic heterocycles. The second-order valence-electron chi connectivity index (χ2n) is 6.24. The van der Waals surface area contributed by atoms with E-state index < -0.39 is 23.6 Å². The van der Waals surface area contributed by atoms with Crippen LogP contribution in [0.15, 0.2) is 24.5 Å². The zero-order valence-corrected chi connectivity index (χ0v) is 15.7. The van der Waals surface area contributed by atoms with Crippen LogP contribution >= 0.6 is 12.2 Å². The minimum absolute atomic E-state index is 0.258. The molecule has 0 unspecified atom stereocenters. The number of amides is 2. The zero-order chi connectivity index (χ0) is 18.9. The Bertz CT molecular complexity index is 589. The molecule has 1 aromatic rings. The van der Waals surface area contributed by atoms with Crippen molar-refractivity contribution in [1.82, 2.24) is 26.5 Å². The molecule has 0 radical (unpaired) electrons. The normalized spacial score (nSPS) is 11.8. The van der Waals surface area contributed by atoms with Gasteiger partial charge in [-0.15, -0.1) is 0 Å². The summed E-state index contributed by atoms with van der Waals surface area (Å²) in [5.74, 6) is -0.449. The quantitative estimate of drug-likeness (QED) is 0.455. The summed E-state index contributed by atoms with van der Waals surface area (Å²) in [5, 5.41) is 5.70. The highest BCUT2D eigenvalue weighted by Gasteiger charge is 2.25. The molecule has 138 valence electrons. The standard InChI is InChI=1S/C16H25N5O3S/c1-5-18-14(25)21-20-13(22)12(9-11-7-6-8-17-10-11)19-15(23)24-16(2,3)4/h6-8,10,12H,5,9H2,1-4H3,(H,19,23)(H,20,22)(H2,18,21,25)/t12-/m1/s1. The number of nitrogens with zero attached hydrogens (tertiary/aromatic N) is 1. The topological polar surface area (TPSA) is 104 Å². The van der Waals surface area contributed by atoms with Gasteiger partial charge in [0.1, 0.15) is 11.6 Å². The van der Waals surface area contributed by atoms with Gasteiger partial charge in [0, 0.05) is 25.4 Å². The molecule has 25 heavy (non-hydrogen) atoms. The van der Waals surface area contributed by atoms with E-state index in [4.69, 9.17) is 17.0 Å². The lowest BCUT2D eigenvalue weighted by molar-refractivity contribution is -0.123. The molecule has 0 spiro atoms. The Balaban J connectivity index is 2.74. The fourth-order valence-corrected chi connectivity index (χ4v) is 2.02. The molecule has 0 saturated carbocycles. The van der Waals surface area contributed by atoms with E-state index >= 15 is 0 Å². The highest BCUT2D eigenvalue weighted by molar-refractivity contribution is 7.80. The number of hydrogen-bond acceptors (Lipinski definition) is 5. The average molecular weight is 367 g/mol. The molecule has 0 aliphatic carbocycles. The summed E-state index contributed by atoms with van der Waals surface area (Å²) in [7, 11) is 0. The highest BCUT2D eigenvalue weighted by atomic mass is 32.1. The molecule has 2 amide bonds. The molecule has 0 aliphatic heterocycles. The molecule has 0 bridgehead atoms. The first kappa shape index (κ1) is 20.6. The predicted molar refractivity (Wildman–Crippen MR) is 98.7 cm³/mol. The summed E-state index contributed by atoms with van der Waals surface area (Å²) in [5.41, 5.74) is 5.19. The maximum atomic E-state index is 12.4. The van der Waals surface area contributed by atoms with E-state index in [1.807, 2.05) is 13.0 Å². The van der Waals surface area contributed by atoms with Crippen molar-refractivity contribution in [2.75, 3.05) is 6.54 Å². The fraction of sp³-hybridized carbons (Fsp3) is 0.500. The van der Waals surface area contributed by atoms with Crippen molar-refractivity contribution in [2.45, 2.75) is 45.8 Å². The van der Waals surface area contributed by atoms with Crippen LogP contribution in [0.2, 0.25) is 0 Å².